The lowest BCUT2D eigenvalue weighted by Gasteiger charge is -2.32. The summed E-state index contributed by atoms with van der Waals surface area (Å²) in [5, 5.41) is 0. The molecule has 2 bridgehead atoms. The highest BCUT2D eigenvalue weighted by atomic mass is 16.5. The molecule has 0 spiro atoms. The zero-order valence-corrected chi connectivity index (χ0v) is 10.8. The summed E-state index contributed by atoms with van der Waals surface area (Å²) in [7, 11) is 0. The summed E-state index contributed by atoms with van der Waals surface area (Å²) in [6.07, 6.45) is 3.09. The van der Waals surface area contributed by atoms with Gasteiger partial charge in [0.2, 0.25) is 5.91 Å². The van der Waals surface area contributed by atoms with E-state index in [-0.39, 0.29) is 0 Å². The minimum atomic E-state index is -0.442. The summed E-state index contributed by atoms with van der Waals surface area (Å²) in [6.45, 7) is 2.74. The van der Waals surface area contributed by atoms with Gasteiger partial charge in [0.05, 0.1) is 12.2 Å². The first-order valence-electron chi connectivity index (χ1n) is 6.68. The van der Waals surface area contributed by atoms with Gasteiger partial charge in [-0.05, 0) is 30.5 Å². The van der Waals surface area contributed by atoms with Gasteiger partial charge < -0.3 is 16.2 Å². The smallest absolute Gasteiger partial charge is 0.248 e. The molecule has 1 aromatic rings. The quantitative estimate of drug-likeness (QED) is 0.786. The molecule has 2 aliphatic heterocycles. The number of ether oxygens (including phenoxy) is 1. The third-order valence-electron chi connectivity index (χ3n) is 3.94. The summed E-state index contributed by atoms with van der Waals surface area (Å²) >= 11 is 0. The number of hydrogen-bond donors (Lipinski definition) is 2. The van der Waals surface area contributed by atoms with E-state index in [2.05, 4.69) is 4.90 Å². The van der Waals surface area contributed by atoms with Gasteiger partial charge in [0.25, 0.3) is 0 Å². The van der Waals surface area contributed by atoms with E-state index in [9.17, 15) is 4.79 Å². The van der Waals surface area contributed by atoms with Gasteiger partial charge in [-0.3, -0.25) is 9.69 Å². The molecule has 0 saturated carbocycles. The zero-order valence-electron chi connectivity index (χ0n) is 10.8. The lowest BCUT2D eigenvalue weighted by atomic mass is 10.1. The second-order valence-corrected chi connectivity index (χ2v) is 5.43. The molecule has 2 fully saturated rings. The van der Waals surface area contributed by atoms with Crippen molar-refractivity contribution in [3.63, 3.8) is 0 Å². The Morgan fingerprint density at radius 3 is 2.58 bits per heavy atom. The van der Waals surface area contributed by atoms with Crippen LogP contribution < -0.4 is 11.5 Å². The number of primary amides is 1. The fourth-order valence-corrected chi connectivity index (χ4v) is 2.96. The second-order valence-electron chi connectivity index (χ2n) is 5.43. The Hall–Kier alpha value is -1.59. The van der Waals surface area contributed by atoms with Crippen molar-refractivity contribution in [2.45, 2.75) is 31.6 Å². The van der Waals surface area contributed by atoms with Crippen LogP contribution in [0.15, 0.2) is 18.2 Å². The Morgan fingerprint density at radius 1 is 1.32 bits per heavy atom. The molecule has 3 rings (SSSR count). The van der Waals surface area contributed by atoms with E-state index in [0.717, 1.165) is 38.0 Å². The predicted octanol–water partition coefficient (Wildman–Crippen LogP) is 0.731. The van der Waals surface area contributed by atoms with Gasteiger partial charge in [-0.1, -0.05) is 6.07 Å². The molecule has 2 saturated heterocycles. The molecule has 19 heavy (non-hydrogen) atoms. The van der Waals surface area contributed by atoms with Gasteiger partial charge in [0, 0.05) is 30.9 Å². The average Bonchev–Trinajstić information content (AvgIpc) is 2.71. The number of benzene rings is 1. The van der Waals surface area contributed by atoms with Crippen LogP contribution in [-0.4, -0.2) is 36.1 Å². The van der Waals surface area contributed by atoms with Gasteiger partial charge in [-0.25, -0.2) is 0 Å². The first-order chi connectivity index (χ1) is 9.11. The summed E-state index contributed by atoms with van der Waals surface area (Å²) in [6, 6.07) is 5.29. The van der Waals surface area contributed by atoms with Crippen LogP contribution >= 0.6 is 0 Å². The van der Waals surface area contributed by atoms with E-state index in [1.54, 1.807) is 12.1 Å². The Morgan fingerprint density at radius 2 is 2.00 bits per heavy atom. The summed E-state index contributed by atoms with van der Waals surface area (Å²) in [5.74, 6) is -0.442. The number of carbonyl (C=O) groups is 1. The van der Waals surface area contributed by atoms with Gasteiger partial charge in [-0.15, -0.1) is 0 Å². The second kappa shape index (κ2) is 4.83. The third kappa shape index (κ3) is 2.57. The number of likely N-dealkylation sites (tertiary alicyclic amines) is 1. The molecule has 0 aliphatic carbocycles. The van der Waals surface area contributed by atoms with Crippen molar-refractivity contribution in [1.82, 2.24) is 4.90 Å². The van der Waals surface area contributed by atoms with Crippen LogP contribution in [0.5, 0.6) is 0 Å². The molecule has 4 N–H and O–H groups in total. The van der Waals surface area contributed by atoms with Crippen molar-refractivity contribution < 1.29 is 9.53 Å². The molecule has 1 aromatic carbocycles. The largest absolute Gasteiger partial charge is 0.398 e. The molecule has 5 heteroatoms. The maximum absolute atomic E-state index is 11.1. The third-order valence-corrected chi connectivity index (χ3v) is 3.94. The van der Waals surface area contributed by atoms with Crippen LogP contribution in [0.3, 0.4) is 0 Å². The molecular weight excluding hydrogens is 242 g/mol. The van der Waals surface area contributed by atoms with Crippen LogP contribution in [0, 0.1) is 0 Å². The number of fused-ring (bicyclic) bond motifs is 2. The zero-order chi connectivity index (χ0) is 13.4. The van der Waals surface area contributed by atoms with Gasteiger partial charge >= 0.3 is 0 Å². The van der Waals surface area contributed by atoms with Crippen LogP contribution in [0.2, 0.25) is 0 Å². The summed E-state index contributed by atoms with van der Waals surface area (Å²) in [4.78, 5) is 13.5. The summed E-state index contributed by atoms with van der Waals surface area (Å²) < 4.78 is 5.81. The van der Waals surface area contributed by atoms with Crippen LogP contribution in [0.4, 0.5) is 5.69 Å². The topological polar surface area (TPSA) is 81.6 Å². The average molecular weight is 261 g/mol. The van der Waals surface area contributed by atoms with Crippen molar-refractivity contribution in [3.8, 4) is 0 Å². The number of nitrogens with two attached hydrogens (primary N) is 2. The van der Waals surface area contributed by atoms with Crippen molar-refractivity contribution in [3.05, 3.63) is 29.3 Å². The molecule has 1 amide bonds. The lowest BCUT2D eigenvalue weighted by Crippen LogP contribution is -2.42. The van der Waals surface area contributed by atoms with E-state index in [1.807, 2.05) is 6.07 Å². The highest BCUT2D eigenvalue weighted by Gasteiger charge is 2.33. The van der Waals surface area contributed by atoms with Crippen molar-refractivity contribution in [2.75, 3.05) is 18.8 Å². The van der Waals surface area contributed by atoms with E-state index in [0.29, 0.717) is 23.5 Å². The fraction of sp³-hybridized carbons (Fsp3) is 0.500. The molecular formula is C14H19N3O2. The molecule has 2 unspecified atom stereocenters. The van der Waals surface area contributed by atoms with Crippen LogP contribution in [-0.2, 0) is 11.3 Å². The molecule has 102 valence electrons. The van der Waals surface area contributed by atoms with Crippen LogP contribution in [0.25, 0.3) is 0 Å². The van der Waals surface area contributed by atoms with Gasteiger partial charge in [-0.2, -0.15) is 0 Å². The Labute approximate surface area is 112 Å². The monoisotopic (exact) mass is 261 g/mol. The van der Waals surface area contributed by atoms with Crippen molar-refractivity contribution in [2.24, 2.45) is 5.73 Å². The number of morpholine rings is 1. The fourth-order valence-electron chi connectivity index (χ4n) is 2.96. The SMILES string of the molecule is NC(=O)c1ccc(CN2CC3CCC(C2)O3)c(N)c1. The first-order valence-corrected chi connectivity index (χ1v) is 6.68. The number of carbonyl (C=O) groups excluding carboxylic acids is 1. The standard InChI is InChI=1S/C14H19N3O2/c15-13-5-9(14(16)18)1-2-10(13)6-17-7-11-3-4-12(8-17)19-11/h1-2,5,11-12H,3-4,6-8,15H2,(H2,16,18). The molecule has 0 aromatic heterocycles. The maximum atomic E-state index is 11.1. The molecule has 2 heterocycles. The minimum absolute atomic E-state index is 0.380. The number of rotatable bonds is 3. The van der Waals surface area contributed by atoms with Crippen molar-refractivity contribution >= 4 is 11.6 Å². The minimum Gasteiger partial charge on any atom is -0.398 e. The Bertz CT molecular complexity index is 491. The molecule has 5 nitrogen and oxygen atoms in total. The molecule has 2 aliphatic rings. The number of nitrogen functional groups attached to an aromatic ring is 1. The Balaban J connectivity index is 1.71. The van der Waals surface area contributed by atoms with Crippen molar-refractivity contribution in [1.29, 1.82) is 0 Å². The normalized spacial score (nSPS) is 26.5. The number of nitrogens with zero attached hydrogens (tertiary/aromatic N) is 1. The van der Waals surface area contributed by atoms with Gasteiger partial charge in [0.15, 0.2) is 0 Å². The number of anilines is 1. The van der Waals surface area contributed by atoms with E-state index in [1.165, 1.54) is 0 Å². The maximum Gasteiger partial charge on any atom is 0.248 e. The predicted molar refractivity (Wildman–Crippen MR) is 72.5 cm³/mol. The number of amides is 1. The Kier molecular flexibility index (Phi) is 3.16. The van der Waals surface area contributed by atoms with Gasteiger partial charge in [0.1, 0.15) is 0 Å². The number of hydrogen-bond acceptors (Lipinski definition) is 4. The highest BCUT2D eigenvalue weighted by molar-refractivity contribution is 5.93. The van der Waals surface area contributed by atoms with Crippen LogP contribution in [0.1, 0.15) is 28.8 Å². The molecule has 2 atom stereocenters. The first kappa shape index (κ1) is 12.4. The molecule has 0 radical (unpaired) electrons. The van der Waals surface area contributed by atoms with E-state index in [4.69, 9.17) is 16.2 Å². The van der Waals surface area contributed by atoms with E-state index >= 15 is 0 Å². The summed E-state index contributed by atoms with van der Waals surface area (Å²) in [5.41, 5.74) is 13.4. The lowest BCUT2D eigenvalue weighted by molar-refractivity contribution is -0.0410. The van der Waals surface area contributed by atoms with E-state index < -0.39 is 5.91 Å². The highest BCUT2D eigenvalue weighted by Crippen LogP contribution is 2.28.